The molecule has 0 saturated heterocycles. The lowest BCUT2D eigenvalue weighted by Gasteiger charge is -2.25. The van der Waals surface area contributed by atoms with E-state index >= 15 is 0 Å². The predicted octanol–water partition coefficient (Wildman–Crippen LogP) is 2.64. The van der Waals surface area contributed by atoms with Crippen LogP contribution in [0.3, 0.4) is 0 Å². The Bertz CT molecular complexity index is 163. The summed E-state index contributed by atoms with van der Waals surface area (Å²) in [7, 11) is 0. The van der Waals surface area contributed by atoms with Gasteiger partial charge in [-0.05, 0) is 25.7 Å². The molecule has 0 N–H and O–H groups in total. The summed E-state index contributed by atoms with van der Waals surface area (Å²) in [5, 5.41) is 0. The maximum atomic E-state index is 10.8. The first-order chi connectivity index (χ1) is 5.72. The fraction of sp³-hybridized carbons (Fsp3) is 0.750. The molecule has 0 heterocycles. The molecule has 12 heavy (non-hydrogen) atoms. The van der Waals surface area contributed by atoms with E-state index in [-0.39, 0.29) is 6.10 Å². The number of hydrogen-bond acceptors (Lipinski definition) is 2. The van der Waals surface area contributed by atoms with Gasteiger partial charge in [-0.25, -0.2) is 0 Å². The normalized spacial score (nSPS) is 29.8. The van der Waals surface area contributed by atoms with Gasteiger partial charge in [-0.1, -0.05) is 15.9 Å². The molecule has 1 saturated carbocycles. The van der Waals surface area contributed by atoms with Gasteiger partial charge >= 0.3 is 5.97 Å². The Morgan fingerprint density at radius 3 is 2.92 bits per heavy atom. The van der Waals surface area contributed by atoms with Crippen molar-refractivity contribution in [2.45, 2.75) is 36.6 Å². The van der Waals surface area contributed by atoms with E-state index in [1.54, 1.807) is 0 Å². The summed E-state index contributed by atoms with van der Waals surface area (Å²) in [5.74, 6) is 0.515. The average Bonchev–Trinajstić information content (AvgIpc) is 2.04. The Morgan fingerprint density at radius 1 is 1.58 bits per heavy atom. The monoisotopic (exact) mass is 253 g/mol. The molecular formula is C8H11BrClO2. The molecule has 0 aromatic heterocycles. The lowest BCUT2D eigenvalue weighted by atomic mass is 9.98. The van der Waals surface area contributed by atoms with Crippen LogP contribution in [-0.2, 0) is 9.53 Å². The molecule has 0 aliphatic heterocycles. The van der Waals surface area contributed by atoms with E-state index in [1.807, 2.05) is 0 Å². The summed E-state index contributed by atoms with van der Waals surface area (Å²) < 4.78 is 5.05. The van der Waals surface area contributed by atoms with Crippen molar-refractivity contribution in [2.75, 3.05) is 0 Å². The van der Waals surface area contributed by atoms with Gasteiger partial charge in [-0.2, -0.15) is 0 Å². The number of halogens is 2. The molecule has 1 rings (SSSR count). The molecular weight excluding hydrogens is 243 g/mol. The van der Waals surface area contributed by atoms with Gasteiger partial charge in [-0.3, -0.25) is 4.79 Å². The number of rotatable bonds is 2. The Hall–Kier alpha value is 0.240. The molecule has 2 atom stereocenters. The van der Waals surface area contributed by atoms with E-state index < -0.39 is 5.97 Å². The molecule has 0 amide bonds. The standard InChI is InChI=1S/C8H11BrClO2/c9-6-2-1-3-7(4-6)12-8(11)5-10/h5-7H,1-4H2. The van der Waals surface area contributed by atoms with Crippen molar-refractivity contribution in [3.8, 4) is 0 Å². The van der Waals surface area contributed by atoms with Crippen LogP contribution in [0.15, 0.2) is 0 Å². The van der Waals surface area contributed by atoms with Gasteiger partial charge in [0.05, 0.1) is 0 Å². The second kappa shape index (κ2) is 5.07. The Morgan fingerprint density at radius 2 is 2.33 bits per heavy atom. The van der Waals surface area contributed by atoms with Crippen LogP contribution >= 0.6 is 27.5 Å². The molecule has 1 aliphatic carbocycles. The maximum absolute atomic E-state index is 10.8. The van der Waals surface area contributed by atoms with Crippen molar-refractivity contribution in [1.29, 1.82) is 0 Å². The highest BCUT2D eigenvalue weighted by molar-refractivity contribution is 9.09. The minimum Gasteiger partial charge on any atom is -0.461 e. The number of carbonyl (C=O) groups is 1. The van der Waals surface area contributed by atoms with Crippen LogP contribution in [0.5, 0.6) is 0 Å². The quantitative estimate of drug-likeness (QED) is 0.559. The van der Waals surface area contributed by atoms with Crippen LogP contribution < -0.4 is 0 Å². The fourth-order valence-electron chi connectivity index (χ4n) is 1.38. The SMILES string of the molecule is O=C([CH]Cl)OC1CCCC(Br)C1. The highest BCUT2D eigenvalue weighted by atomic mass is 79.9. The highest BCUT2D eigenvalue weighted by Crippen LogP contribution is 2.26. The third kappa shape index (κ3) is 3.31. The van der Waals surface area contributed by atoms with Gasteiger partial charge in [0, 0.05) is 4.83 Å². The first-order valence-corrected chi connectivity index (χ1v) is 5.35. The number of ether oxygens (including phenoxy) is 1. The van der Waals surface area contributed by atoms with Crippen LogP contribution in [0.4, 0.5) is 0 Å². The lowest BCUT2D eigenvalue weighted by molar-refractivity contribution is -0.145. The lowest BCUT2D eigenvalue weighted by Crippen LogP contribution is -2.25. The Kier molecular flexibility index (Phi) is 4.36. The van der Waals surface area contributed by atoms with E-state index in [1.165, 1.54) is 6.42 Å². The fourth-order valence-corrected chi connectivity index (χ4v) is 2.18. The van der Waals surface area contributed by atoms with Crippen LogP contribution in [0.2, 0.25) is 0 Å². The van der Waals surface area contributed by atoms with Crippen molar-refractivity contribution >= 4 is 33.5 Å². The van der Waals surface area contributed by atoms with Gasteiger partial charge in [0.25, 0.3) is 0 Å². The summed E-state index contributed by atoms with van der Waals surface area (Å²) in [6, 6.07) is 0. The van der Waals surface area contributed by atoms with Crippen molar-refractivity contribution in [1.82, 2.24) is 0 Å². The maximum Gasteiger partial charge on any atom is 0.326 e. The zero-order valence-corrected chi connectivity index (χ0v) is 8.97. The third-order valence-electron chi connectivity index (χ3n) is 1.93. The molecule has 69 valence electrons. The molecule has 0 spiro atoms. The number of hydrogen-bond donors (Lipinski definition) is 0. The van der Waals surface area contributed by atoms with Gasteiger partial charge in [-0.15, -0.1) is 11.6 Å². The second-order valence-electron chi connectivity index (χ2n) is 2.93. The van der Waals surface area contributed by atoms with Crippen LogP contribution in [0, 0.1) is 5.88 Å². The van der Waals surface area contributed by atoms with Crippen molar-refractivity contribution in [2.24, 2.45) is 0 Å². The summed E-state index contributed by atoms with van der Waals surface area (Å²) >= 11 is 8.70. The zero-order chi connectivity index (χ0) is 8.97. The number of carbonyl (C=O) groups excluding carboxylic acids is 1. The topological polar surface area (TPSA) is 26.3 Å². The first kappa shape index (κ1) is 10.3. The minimum atomic E-state index is -0.428. The van der Waals surface area contributed by atoms with Gasteiger partial charge in [0.15, 0.2) is 5.88 Å². The molecule has 2 unspecified atom stereocenters. The van der Waals surface area contributed by atoms with Crippen LogP contribution in [0.1, 0.15) is 25.7 Å². The number of esters is 1. The zero-order valence-electron chi connectivity index (χ0n) is 6.63. The number of alkyl halides is 1. The second-order valence-corrected chi connectivity index (χ2v) is 4.45. The van der Waals surface area contributed by atoms with Crippen molar-refractivity contribution < 1.29 is 9.53 Å². The van der Waals surface area contributed by atoms with E-state index in [0.29, 0.717) is 4.83 Å². The molecule has 0 aromatic carbocycles. The van der Waals surface area contributed by atoms with E-state index in [0.717, 1.165) is 25.1 Å². The molecule has 2 nitrogen and oxygen atoms in total. The third-order valence-corrected chi connectivity index (χ3v) is 2.94. The van der Waals surface area contributed by atoms with Crippen molar-refractivity contribution in [3.63, 3.8) is 0 Å². The molecule has 1 radical (unpaired) electrons. The summed E-state index contributed by atoms with van der Waals surface area (Å²) in [6.45, 7) is 0. The molecule has 0 bridgehead atoms. The van der Waals surface area contributed by atoms with Gasteiger partial charge in [0.1, 0.15) is 6.10 Å². The largest absolute Gasteiger partial charge is 0.461 e. The summed E-state index contributed by atoms with van der Waals surface area (Å²) in [6.07, 6.45) is 4.18. The van der Waals surface area contributed by atoms with E-state index in [4.69, 9.17) is 16.3 Å². The average molecular weight is 255 g/mol. The molecule has 4 heteroatoms. The van der Waals surface area contributed by atoms with Gasteiger partial charge < -0.3 is 4.74 Å². The first-order valence-electron chi connectivity index (χ1n) is 4.00. The smallest absolute Gasteiger partial charge is 0.326 e. The Balaban J connectivity index is 2.27. The molecule has 1 fully saturated rings. The summed E-state index contributed by atoms with van der Waals surface area (Å²) in [5.41, 5.74) is 0. The molecule has 1 aliphatic rings. The highest BCUT2D eigenvalue weighted by Gasteiger charge is 2.22. The molecule has 0 aromatic rings. The van der Waals surface area contributed by atoms with E-state index in [2.05, 4.69) is 15.9 Å². The summed E-state index contributed by atoms with van der Waals surface area (Å²) in [4.78, 5) is 11.2. The minimum absolute atomic E-state index is 0.0469. The van der Waals surface area contributed by atoms with Crippen molar-refractivity contribution in [3.05, 3.63) is 5.88 Å². The van der Waals surface area contributed by atoms with Crippen LogP contribution in [-0.4, -0.2) is 16.9 Å². The van der Waals surface area contributed by atoms with Gasteiger partial charge in [0.2, 0.25) is 0 Å². The Labute approximate surface area is 85.7 Å². The van der Waals surface area contributed by atoms with Crippen LogP contribution in [0.25, 0.3) is 0 Å². The predicted molar refractivity (Wildman–Crippen MR) is 51.2 cm³/mol. The van der Waals surface area contributed by atoms with E-state index in [9.17, 15) is 4.79 Å².